The topological polar surface area (TPSA) is 55.8 Å². The fraction of sp³-hybridized carbons (Fsp3) is 0.412. The van der Waals surface area contributed by atoms with Gasteiger partial charge in [-0.1, -0.05) is 24.3 Å². The van der Waals surface area contributed by atoms with Crippen LogP contribution >= 0.6 is 15.9 Å². The van der Waals surface area contributed by atoms with Crippen LogP contribution in [0.2, 0.25) is 0 Å². The second-order valence-corrected chi connectivity index (χ2v) is 6.88. The molecule has 3 heterocycles. The number of esters is 1. The average Bonchev–Trinajstić information content (AvgIpc) is 3.16. The van der Waals surface area contributed by atoms with Crippen molar-refractivity contribution in [1.29, 1.82) is 0 Å². The van der Waals surface area contributed by atoms with Gasteiger partial charge in [-0.3, -0.25) is 9.59 Å². The van der Waals surface area contributed by atoms with Crippen LogP contribution in [-0.2, 0) is 19.1 Å². The monoisotopic (exact) mass is 377 g/mol. The van der Waals surface area contributed by atoms with Crippen molar-refractivity contribution < 1.29 is 19.1 Å². The SMILES string of the molecule is CCOC(=O)C1[C@H]2C=CC3(CN(c4ccccc4Br)C(=O)[C@@H]13)O2. The standard InChI is InChI=1S/C17H16BrNO4/c1-2-22-16(21)13-12-7-8-17(23-12)9-19(15(20)14(13)17)11-6-4-3-5-10(11)18/h3-8,12-14H,2,9H2,1H3/t12-,13?,14-,17?/m1/s1. The van der Waals surface area contributed by atoms with Crippen LogP contribution in [0.5, 0.6) is 0 Å². The zero-order chi connectivity index (χ0) is 16.2. The molecule has 0 aliphatic carbocycles. The molecule has 1 aromatic carbocycles. The van der Waals surface area contributed by atoms with Crippen molar-refractivity contribution in [2.75, 3.05) is 18.1 Å². The third-order valence-electron chi connectivity index (χ3n) is 4.80. The van der Waals surface area contributed by atoms with E-state index in [1.165, 1.54) is 0 Å². The fourth-order valence-electron chi connectivity index (χ4n) is 3.88. The van der Waals surface area contributed by atoms with Gasteiger partial charge in [-0.25, -0.2) is 0 Å². The van der Waals surface area contributed by atoms with Crippen molar-refractivity contribution in [3.63, 3.8) is 0 Å². The summed E-state index contributed by atoms with van der Waals surface area (Å²) >= 11 is 3.49. The molecular weight excluding hydrogens is 362 g/mol. The molecule has 2 unspecified atom stereocenters. The second-order valence-electron chi connectivity index (χ2n) is 6.03. The fourth-order valence-corrected chi connectivity index (χ4v) is 4.38. The third-order valence-corrected chi connectivity index (χ3v) is 5.47. The lowest BCUT2D eigenvalue weighted by atomic mass is 9.77. The number of ether oxygens (including phenoxy) is 2. The summed E-state index contributed by atoms with van der Waals surface area (Å²) in [7, 11) is 0. The summed E-state index contributed by atoms with van der Waals surface area (Å²) in [5, 5.41) is 0. The number of amides is 1. The summed E-state index contributed by atoms with van der Waals surface area (Å²) in [6.45, 7) is 2.48. The van der Waals surface area contributed by atoms with E-state index in [2.05, 4.69) is 15.9 Å². The largest absolute Gasteiger partial charge is 0.466 e. The van der Waals surface area contributed by atoms with Gasteiger partial charge in [0.1, 0.15) is 11.5 Å². The molecule has 1 amide bonds. The molecule has 120 valence electrons. The first kappa shape index (κ1) is 14.9. The minimum Gasteiger partial charge on any atom is -0.466 e. The van der Waals surface area contributed by atoms with Gasteiger partial charge in [-0.15, -0.1) is 0 Å². The first-order valence-electron chi connectivity index (χ1n) is 7.67. The van der Waals surface area contributed by atoms with Crippen molar-refractivity contribution in [2.24, 2.45) is 11.8 Å². The highest BCUT2D eigenvalue weighted by Crippen LogP contribution is 2.53. The van der Waals surface area contributed by atoms with Gasteiger partial charge in [0, 0.05) is 4.47 Å². The van der Waals surface area contributed by atoms with E-state index < -0.39 is 17.4 Å². The molecule has 0 saturated carbocycles. The maximum atomic E-state index is 13.0. The number of para-hydroxylation sites is 1. The molecule has 3 aliphatic rings. The number of halogens is 1. The number of nitrogens with zero attached hydrogens (tertiary/aromatic N) is 1. The predicted octanol–water partition coefficient (Wildman–Crippen LogP) is 2.30. The van der Waals surface area contributed by atoms with Crippen LogP contribution < -0.4 is 4.90 Å². The molecule has 0 aromatic heterocycles. The Morgan fingerprint density at radius 3 is 3.00 bits per heavy atom. The van der Waals surface area contributed by atoms with Crippen molar-refractivity contribution in [3.05, 3.63) is 40.9 Å². The normalized spacial score (nSPS) is 34.1. The molecule has 0 N–H and O–H groups in total. The van der Waals surface area contributed by atoms with E-state index in [0.717, 1.165) is 10.2 Å². The van der Waals surface area contributed by atoms with E-state index in [0.29, 0.717) is 13.2 Å². The van der Waals surface area contributed by atoms with Gasteiger partial charge in [0.05, 0.1) is 30.9 Å². The van der Waals surface area contributed by atoms with Crippen molar-refractivity contribution in [2.45, 2.75) is 18.6 Å². The molecule has 2 saturated heterocycles. The zero-order valence-electron chi connectivity index (χ0n) is 12.6. The molecule has 5 nitrogen and oxygen atoms in total. The van der Waals surface area contributed by atoms with Gasteiger partial charge in [-0.2, -0.15) is 0 Å². The van der Waals surface area contributed by atoms with Gasteiger partial charge in [0.2, 0.25) is 5.91 Å². The van der Waals surface area contributed by atoms with Crippen molar-refractivity contribution >= 4 is 33.5 Å². The molecule has 1 spiro atoms. The quantitative estimate of drug-likeness (QED) is 0.598. The minimum absolute atomic E-state index is 0.0817. The van der Waals surface area contributed by atoms with E-state index in [1.54, 1.807) is 11.8 Å². The van der Waals surface area contributed by atoms with E-state index in [4.69, 9.17) is 9.47 Å². The summed E-state index contributed by atoms with van der Waals surface area (Å²) in [4.78, 5) is 27.0. The molecule has 23 heavy (non-hydrogen) atoms. The van der Waals surface area contributed by atoms with Gasteiger partial charge in [0.25, 0.3) is 0 Å². The molecule has 2 fully saturated rings. The van der Waals surface area contributed by atoms with Crippen LogP contribution in [0.4, 0.5) is 5.69 Å². The highest BCUT2D eigenvalue weighted by molar-refractivity contribution is 9.10. The van der Waals surface area contributed by atoms with Gasteiger partial charge in [-0.05, 0) is 35.0 Å². The highest BCUT2D eigenvalue weighted by atomic mass is 79.9. The smallest absolute Gasteiger partial charge is 0.312 e. The number of fused-ring (bicyclic) bond motifs is 1. The van der Waals surface area contributed by atoms with Crippen LogP contribution in [0.25, 0.3) is 0 Å². The molecule has 0 radical (unpaired) electrons. The Morgan fingerprint density at radius 2 is 2.26 bits per heavy atom. The van der Waals surface area contributed by atoms with E-state index in [-0.39, 0.29) is 18.0 Å². The predicted molar refractivity (Wildman–Crippen MR) is 86.9 cm³/mol. The lowest BCUT2D eigenvalue weighted by molar-refractivity contribution is -0.151. The third kappa shape index (κ3) is 2.01. The lowest BCUT2D eigenvalue weighted by Crippen LogP contribution is -2.40. The Bertz CT molecular complexity index is 718. The molecule has 3 aliphatic heterocycles. The Hall–Kier alpha value is -1.66. The summed E-state index contributed by atoms with van der Waals surface area (Å²) < 4.78 is 12.0. The number of rotatable bonds is 3. The molecule has 4 atom stereocenters. The molecule has 2 bridgehead atoms. The van der Waals surface area contributed by atoms with Crippen LogP contribution in [0.3, 0.4) is 0 Å². The molecule has 1 aromatic rings. The van der Waals surface area contributed by atoms with Gasteiger partial charge < -0.3 is 14.4 Å². The highest BCUT2D eigenvalue weighted by Gasteiger charge is 2.67. The van der Waals surface area contributed by atoms with Crippen LogP contribution in [0.1, 0.15) is 6.92 Å². The Morgan fingerprint density at radius 1 is 1.48 bits per heavy atom. The van der Waals surface area contributed by atoms with Crippen molar-refractivity contribution in [1.82, 2.24) is 0 Å². The first-order chi connectivity index (χ1) is 11.1. The Labute approximate surface area is 142 Å². The van der Waals surface area contributed by atoms with Crippen LogP contribution in [0, 0.1) is 11.8 Å². The lowest BCUT2D eigenvalue weighted by Gasteiger charge is -2.22. The zero-order valence-corrected chi connectivity index (χ0v) is 14.2. The van der Waals surface area contributed by atoms with Gasteiger partial charge >= 0.3 is 5.97 Å². The molecule has 4 rings (SSSR count). The Balaban J connectivity index is 1.71. The van der Waals surface area contributed by atoms with Crippen LogP contribution in [-0.4, -0.2) is 36.7 Å². The summed E-state index contributed by atoms with van der Waals surface area (Å²) in [6, 6.07) is 7.56. The molecular formula is C17H16BrNO4. The maximum absolute atomic E-state index is 13.0. The number of anilines is 1. The molecule has 6 heteroatoms. The Kier molecular flexibility index (Phi) is 3.35. The van der Waals surface area contributed by atoms with Gasteiger partial charge in [0.15, 0.2) is 0 Å². The van der Waals surface area contributed by atoms with Crippen molar-refractivity contribution in [3.8, 4) is 0 Å². The van der Waals surface area contributed by atoms with E-state index in [1.807, 2.05) is 36.4 Å². The first-order valence-corrected chi connectivity index (χ1v) is 8.46. The second kappa shape index (κ2) is 5.18. The number of hydrogen-bond donors (Lipinski definition) is 0. The summed E-state index contributed by atoms with van der Waals surface area (Å²) in [6.07, 6.45) is 3.46. The van der Waals surface area contributed by atoms with E-state index >= 15 is 0 Å². The minimum atomic E-state index is -0.714. The summed E-state index contributed by atoms with van der Waals surface area (Å²) in [5.41, 5.74) is 0.0818. The maximum Gasteiger partial charge on any atom is 0.312 e. The number of hydrogen-bond acceptors (Lipinski definition) is 4. The van der Waals surface area contributed by atoms with Crippen LogP contribution in [0.15, 0.2) is 40.9 Å². The number of benzene rings is 1. The average molecular weight is 378 g/mol. The number of carbonyl (C=O) groups excluding carboxylic acids is 2. The number of carbonyl (C=O) groups is 2. The van der Waals surface area contributed by atoms with E-state index in [9.17, 15) is 9.59 Å². The summed E-state index contributed by atoms with van der Waals surface area (Å²) in [5.74, 6) is -1.50.